The van der Waals surface area contributed by atoms with E-state index in [1.54, 1.807) is 12.1 Å². The Kier molecular flexibility index (Phi) is 3.93. The first-order chi connectivity index (χ1) is 9.25. The molecule has 0 aliphatic rings. The fraction of sp³-hybridized carbons (Fsp3) is 0.467. The minimum absolute atomic E-state index is 0.0983. The Bertz CT molecular complexity index is 745. The lowest BCUT2D eigenvalue weighted by Gasteiger charge is -2.09. The standard InChI is InChI=1S/C15H22N2O2S/c1-5-11(16)8-13-10(2)17(3)15-7-6-12(9-14(13)15)20(4,18)19/h6-7,9,11H,5,8,16H2,1-4H3. The van der Waals surface area contributed by atoms with Crippen LogP contribution < -0.4 is 5.73 Å². The Labute approximate surface area is 120 Å². The van der Waals surface area contributed by atoms with Gasteiger partial charge in [-0.15, -0.1) is 0 Å². The molecule has 0 bridgehead atoms. The van der Waals surface area contributed by atoms with Gasteiger partial charge in [0.2, 0.25) is 0 Å². The molecule has 1 aromatic heterocycles. The van der Waals surface area contributed by atoms with E-state index in [9.17, 15) is 8.42 Å². The van der Waals surface area contributed by atoms with E-state index in [1.165, 1.54) is 6.26 Å². The van der Waals surface area contributed by atoms with Crippen molar-refractivity contribution in [2.75, 3.05) is 6.26 Å². The van der Waals surface area contributed by atoms with E-state index in [2.05, 4.69) is 18.4 Å². The summed E-state index contributed by atoms with van der Waals surface area (Å²) in [5.74, 6) is 0. The van der Waals surface area contributed by atoms with Crippen LogP contribution in [0.3, 0.4) is 0 Å². The maximum absolute atomic E-state index is 11.7. The number of benzene rings is 1. The number of aromatic nitrogens is 1. The summed E-state index contributed by atoms with van der Waals surface area (Å²) in [5, 5.41) is 0.997. The molecule has 0 spiro atoms. The van der Waals surface area contributed by atoms with Crippen LogP contribution in [0, 0.1) is 6.92 Å². The Morgan fingerprint density at radius 3 is 2.55 bits per heavy atom. The second-order valence-corrected chi connectivity index (χ2v) is 7.46. The van der Waals surface area contributed by atoms with Gasteiger partial charge in [-0.1, -0.05) is 6.92 Å². The van der Waals surface area contributed by atoms with Gasteiger partial charge in [-0.05, 0) is 43.5 Å². The third-order valence-corrected chi connectivity index (χ3v) is 5.12. The molecule has 4 nitrogen and oxygen atoms in total. The summed E-state index contributed by atoms with van der Waals surface area (Å²) in [6, 6.07) is 5.41. The molecule has 110 valence electrons. The van der Waals surface area contributed by atoms with Crippen molar-refractivity contribution in [1.29, 1.82) is 0 Å². The highest BCUT2D eigenvalue weighted by molar-refractivity contribution is 7.90. The van der Waals surface area contributed by atoms with Gasteiger partial charge >= 0.3 is 0 Å². The zero-order chi connectivity index (χ0) is 15.1. The number of nitrogens with two attached hydrogens (primary N) is 1. The van der Waals surface area contributed by atoms with Crippen molar-refractivity contribution in [1.82, 2.24) is 4.57 Å². The maximum Gasteiger partial charge on any atom is 0.175 e. The predicted octanol–water partition coefficient (Wildman–Crippen LogP) is 2.17. The van der Waals surface area contributed by atoms with Crippen LogP contribution in [-0.4, -0.2) is 25.3 Å². The van der Waals surface area contributed by atoms with Crippen LogP contribution in [0.4, 0.5) is 0 Å². The molecular weight excluding hydrogens is 272 g/mol. The average Bonchev–Trinajstić information content (AvgIpc) is 2.62. The van der Waals surface area contributed by atoms with Gasteiger partial charge in [0.1, 0.15) is 0 Å². The van der Waals surface area contributed by atoms with Gasteiger partial charge in [-0.25, -0.2) is 8.42 Å². The highest BCUT2D eigenvalue weighted by atomic mass is 32.2. The van der Waals surface area contributed by atoms with E-state index in [0.29, 0.717) is 4.90 Å². The zero-order valence-electron chi connectivity index (χ0n) is 12.5. The van der Waals surface area contributed by atoms with Crippen LogP contribution in [0.15, 0.2) is 23.1 Å². The van der Waals surface area contributed by atoms with Crippen LogP contribution in [0.5, 0.6) is 0 Å². The van der Waals surface area contributed by atoms with Crippen molar-refractivity contribution in [3.05, 3.63) is 29.5 Å². The first-order valence-electron chi connectivity index (χ1n) is 6.79. The summed E-state index contributed by atoms with van der Waals surface area (Å²) in [4.78, 5) is 0.363. The fourth-order valence-electron chi connectivity index (χ4n) is 2.52. The lowest BCUT2D eigenvalue weighted by molar-refractivity contribution is 0.602. The van der Waals surface area contributed by atoms with Gasteiger partial charge in [0.25, 0.3) is 0 Å². The van der Waals surface area contributed by atoms with Crippen molar-refractivity contribution in [2.24, 2.45) is 12.8 Å². The van der Waals surface area contributed by atoms with Gasteiger partial charge in [0.15, 0.2) is 9.84 Å². The third kappa shape index (κ3) is 2.60. The molecule has 0 radical (unpaired) electrons. The average molecular weight is 294 g/mol. The summed E-state index contributed by atoms with van der Waals surface area (Å²) < 4.78 is 25.5. The minimum atomic E-state index is -3.19. The Morgan fingerprint density at radius 1 is 1.35 bits per heavy atom. The van der Waals surface area contributed by atoms with Crippen molar-refractivity contribution in [3.8, 4) is 0 Å². The van der Waals surface area contributed by atoms with E-state index in [-0.39, 0.29) is 6.04 Å². The Morgan fingerprint density at radius 2 is 2.00 bits per heavy atom. The summed E-state index contributed by atoms with van der Waals surface area (Å²) >= 11 is 0. The van der Waals surface area contributed by atoms with Gasteiger partial charge in [-0.2, -0.15) is 0 Å². The van der Waals surface area contributed by atoms with Gasteiger partial charge in [0.05, 0.1) is 4.90 Å². The van der Waals surface area contributed by atoms with Crippen LogP contribution in [0.1, 0.15) is 24.6 Å². The second-order valence-electron chi connectivity index (χ2n) is 5.45. The molecule has 20 heavy (non-hydrogen) atoms. The molecule has 1 unspecified atom stereocenters. The molecule has 0 aliphatic carbocycles. The predicted molar refractivity (Wildman–Crippen MR) is 82.7 cm³/mol. The summed E-state index contributed by atoms with van der Waals surface area (Å²) in [6.07, 6.45) is 2.91. The molecule has 1 aromatic carbocycles. The number of rotatable bonds is 4. The number of nitrogens with zero attached hydrogens (tertiary/aromatic N) is 1. The van der Waals surface area contributed by atoms with E-state index in [1.807, 2.05) is 13.1 Å². The molecule has 1 heterocycles. The smallest absolute Gasteiger partial charge is 0.175 e. The summed E-state index contributed by atoms with van der Waals surface area (Å²) in [6.45, 7) is 4.12. The first-order valence-corrected chi connectivity index (χ1v) is 8.68. The minimum Gasteiger partial charge on any atom is -0.348 e. The van der Waals surface area contributed by atoms with Crippen molar-refractivity contribution >= 4 is 20.7 Å². The van der Waals surface area contributed by atoms with Crippen LogP contribution >= 0.6 is 0 Å². The van der Waals surface area contributed by atoms with Crippen molar-refractivity contribution in [2.45, 2.75) is 37.6 Å². The molecule has 0 saturated heterocycles. The molecule has 2 aromatic rings. The third-order valence-electron chi connectivity index (χ3n) is 4.01. The topological polar surface area (TPSA) is 65.1 Å². The van der Waals surface area contributed by atoms with Gasteiger partial charge in [-0.3, -0.25) is 0 Å². The highest BCUT2D eigenvalue weighted by Gasteiger charge is 2.16. The Balaban J connectivity index is 2.69. The maximum atomic E-state index is 11.7. The number of hydrogen-bond acceptors (Lipinski definition) is 3. The monoisotopic (exact) mass is 294 g/mol. The lowest BCUT2D eigenvalue weighted by Crippen LogP contribution is -2.21. The van der Waals surface area contributed by atoms with Crippen molar-refractivity contribution < 1.29 is 8.42 Å². The molecule has 0 fully saturated rings. The van der Waals surface area contributed by atoms with Crippen molar-refractivity contribution in [3.63, 3.8) is 0 Å². The van der Waals surface area contributed by atoms with Crippen LogP contribution in [0.2, 0.25) is 0 Å². The second kappa shape index (κ2) is 5.22. The molecular formula is C15H22N2O2S. The largest absolute Gasteiger partial charge is 0.348 e. The van der Waals surface area contributed by atoms with E-state index >= 15 is 0 Å². The van der Waals surface area contributed by atoms with Crippen LogP contribution in [0.25, 0.3) is 10.9 Å². The van der Waals surface area contributed by atoms with E-state index in [0.717, 1.165) is 35.0 Å². The fourth-order valence-corrected chi connectivity index (χ4v) is 3.17. The molecule has 2 N–H and O–H groups in total. The molecule has 0 aliphatic heterocycles. The number of fused-ring (bicyclic) bond motifs is 1. The molecule has 0 amide bonds. The highest BCUT2D eigenvalue weighted by Crippen LogP contribution is 2.28. The SMILES string of the molecule is CCC(N)Cc1c(C)n(C)c2ccc(S(C)(=O)=O)cc12. The van der Waals surface area contributed by atoms with Gasteiger partial charge < -0.3 is 10.3 Å². The van der Waals surface area contributed by atoms with Gasteiger partial charge in [0, 0.05) is 35.9 Å². The number of hydrogen-bond donors (Lipinski definition) is 1. The molecule has 5 heteroatoms. The zero-order valence-corrected chi connectivity index (χ0v) is 13.3. The molecule has 1 atom stereocenters. The normalized spacial score (nSPS) is 13.8. The summed E-state index contributed by atoms with van der Waals surface area (Å²) in [5.41, 5.74) is 9.42. The quantitative estimate of drug-likeness (QED) is 0.940. The van der Waals surface area contributed by atoms with E-state index in [4.69, 9.17) is 5.73 Å². The van der Waals surface area contributed by atoms with E-state index < -0.39 is 9.84 Å². The number of sulfone groups is 1. The molecule has 2 rings (SSSR count). The number of aryl methyl sites for hydroxylation is 1. The lowest BCUT2D eigenvalue weighted by atomic mass is 10.0. The summed E-state index contributed by atoms with van der Waals surface area (Å²) in [7, 11) is -1.19. The molecule has 0 saturated carbocycles. The Hall–Kier alpha value is -1.33. The first kappa shape index (κ1) is 15.1. The van der Waals surface area contributed by atoms with Crippen LogP contribution in [-0.2, 0) is 23.3 Å².